The highest BCUT2D eigenvalue weighted by atomic mass is 16.6. The van der Waals surface area contributed by atoms with Crippen molar-refractivity contribution < 1.29 is 14.6 Å². The van der Waals surface area contributed by atoms with E-state index in [0.29, 0.717) is 6.42 Å². The fourth-order valence-corrected chi connectivity index (χ4v) is 2.05. The van der Waals surface area contributed by atoms with Gasteiger partial charge in [-0.2, -0.15) is 0 Å². The van der Waals surface area contributed by atoms with Crippen molar-refractivity contribution >= 4 is 0 Å². The van der Waals surface area contributed by atoms with E-state index in [1.807, 2.05) is 13.8 Å². The lowest BCUT2D eigenvalue weighted by Crippen LogP contribution is -2.49. The maximum absolute atomic E-state index is 9.71. The second kappa shape index (κ2) is 2.98. The molecular weight excluding hydrogens is 156 g/mol. The molecule has 0 saturated carbocycles. The lowest BCUT2D eigenvalue weighted by Gasteiger charge is -2.43. The minimum Gasteiger partial charge on any atom is -0.378 e. The van der Waals surface area contributed by atoms with Crippen LogP contribution in [-0.4, -0.2) is 29.7 Å². The van der Waals surface area contributed by atoms with Crippen LogP contribution < -0.4 is 0 Å². The molecule has 1 rings (SSSR count). The smallest absolute Gasteiger partial charge is 0.165 e. The van der Waals surface area contributed by atoms with Gasteiger partial charge in [-0.25, -0.2) is 0 Å². The molecular formula is C9H18O3. The standard InChI is InChI=1S/C9H18O3/c1-7-5-8(2,11-4)6-9(3,10)12-7/h7,10H,5-6H2,1-4H3/t7-,8-,9?/m0/s1. The molecule has 0 amide bonds. The van der Waals surface area contributed by atoms with E-state index >= 15 is 0 Å². The van der Waals surface area contributed by atoms with Gasteiger partial charge in [0.2, 0.25) is 0 Å². The van der Waals surface area contributed by atoms with Crippen molar-refractivity contribution in [2.45, 2.75) is 51.1 Å². The Labute approximate surface area is 73.7 Å². The van der Waals surface area contributed by atoms with Crippen LogP contribution >= 0.6 is 0 Å². The molecule has 0 aromatic heterocycles. The van der Waals surface area contributed by atoms with Crippen LogP contribution in [-0.2, 0) is 9.47 Å². The summed E-state index contributed by atoms with van der Waals surface area (Å²) in [5.74, 6) is -1.04. The summed E-state index contributed by atoms with van der Waals surface area (Å²) in [6.45, 7) is 5.63. The zero-order valence-electron chi connectivity index (χ0n) is 8.26. The molecule has 1 heterocycles. The summed E-state index contributed by atoms with van der Waals surface area (Å²) in [6.07, 6.45) is 1.42. The Morgan fingerprint density at radius 3 is 2.50 bits per heavy atom. The van der Waals surface area contributed by atoms with Crippen LogP contribution in [0.25, 0.3) is 0 Å². The first-order valence-electron chi connectivity index (χ1n) is 4.32. The lowest BCUT2D eigenvalue weighted by molar-refractivity contribution is -0.279. The summed E-state index contributed by atoms with van der Waals surface area (Å²) >= 11 is 0. The molecule has 0 spiro atoms. The van der Waals surface area contributed by atoms with Crippen molar-refractivity contribution in [1.29, 1.82) is 0 Å². The molecule has 1 N–H and O–H groups in total. The summed E-state index contributed by atoms with van der Waals surface area (Å²) in [6, 6.07) is 0. The number of ether oxygens (including phenoxy) is 2. The van der Waals surface area contributed by atoms with E-state index in [-0.39, 0.29) is 11.7 Å². The number of hydrogen-bond acceptors (Lipinski definition) is 3. The third kappa shape index (κ3) is 2.19. The van der Waals surface area contributed by atoms with Gasteiger partial charge in [0.1, 0.15) is 0 Å². The van der Waals surface area contributed by atoms with Gasteiger partial charge in [-0.05, 0) is 20.8 Å². The second-order valence-electron chi connectivity index (χ2n) is 4.14. The third-order valence-electron chi connectivity index (χ3n) is 2.37. The maximum atomic E-state index is 9.71. The molecule has 12 heavy (non-hydrogen) atoms. The molecule has 0 radical (unpaired) electrons. The average Bonchev–Trinajstić information content (AvgIpc) is 1.82. The molecule has 0 aromatic rings. The van der Waals surface area contributed by atoms with Gasteiger partial charge in [-0.1, -0.05) is 0 Å². The van der Waals surface area contributed by atoms with Crippen molar-refractivity contribution in [3.8, 4) is 0 Å². The summed E-state index contributed by atoms with van der Waals surface area (Å²) in [5.41, 5.74) is -0.249. The van der Waals surface area contributed by atoms with Crippen LogP contribution in [0.2, 0.25) is 0 Å². The first-order chi connectivity index (χ1) is 5.37. The molecule has 0 aliphatic carbocycles. The van der Waals surface area contributed by atoms with E-state index < -0.39 is 5.79 Å². The van der Waals surface area contributed by atoms with Crippen molar-refractivity contribution in [2.24, 2.45) is 0 Å². The van der Waals surface area contributed by atoms with Crippen molar-refractivity contribution in [3.63, 3.8) is 0 Å². The molecule has 1 aliphatic rings. The highest BCUT2D eigenvalue weighted by Gasteiger charge is 2.42. The second-order valence-corrected chi connectivity index (χ2v) is 4.14. The molecule has 3 heteroatoms. The number of aliphatic hydroxyl groups is 1. The molecule has 0 bridgehead atoms. The van der Waals surface area contributed by atoms with Gasteiger partial charge in [0, 0.05) is 20.0 Å². The summed E-state index contributed by atoms with van der Waals surface area (Å²) in [4.78, 5) is 0. The minimum atomic E-state index is -1.04. The van der Waals surface area contributed by atoms with Crippen LogP contribution in [0.1, 0.15) is 33.6 Å². The summed E-state index contributed by atoms with van der Waals surface area (Å²) < 4.78 is 10.7. The monoisotopic (exact) mass is 174 g/mol. The van der Waals surface area contributed by atoms with E-state index in [9.17, 15) is 5.11 Å². The van der Waals surface area contributed by atoms with Crippen molar-refractivity contribution in [1.82, 2.24) is 0 Å². The Balaban J connectivity index is 2.70. The maximum Gasteiger partial charge on any atom is 0.165 e. The Morgan fingerprint density at radius 1 is 1.50 bits per heavy atom. The number of methoxy groups -OCH3 is 1. The van der Waals surface area contributed by atoms with Gasteiger partial charge < -0.3 is 14.6 Å². The van der Waals surface area contributed by atoms with Crippen molar-refractivity contribution in [2.75, 3.05) is 7.11 Å². The first kappa shape index (κ1) is 9.96. The van der Waals surface area contributed by atoms with E-state index in [2.05, 4.69) is 0 Å². The zero-order valence-corrected chi connectivity index (χ0v) is 8.26. The highest BCUT2D eigenvalue weighted by molar-refractivity contribution is 4.88. The number of hydrogen-bond donors (Lipinski definition) is 1. The van der Waals surface area contributed by atoms with Gasteiger partial charge in [-0.15, -0.1) is 0 Å². The summed E-state index contributed by atoms with van der Waals surface area (Å²) in [5, 5.41) is 9.71. The molecule has 72 valence electrons. The lowest BCUT2D eigenvalue weighted by atomic mass is 9.88. The van der Waals surface area contributed by atoms with Crippen LogP contribution in [0.15, 0.2) is 0 Å². The van der Waals surface area contributed by atoms with Crippen LogP contribution in [0.4, 0.5) is 0 Å². The quantitative estimate of drug-likeness (QED) is 0.651. The largest absolute Gasteiger partial charge is 0.378 e. The van der Waals surface area contributed by atoms with Gasteiger partial charge in [0.15, 0.2) is 5.79 Å². The van der Waals surface area contributed by atoms with Crippen LogP contribution in [0.5, 0.6) is 0 Å². The van der Waals surface area contributed by atoms with Crippen LogP contribution in [0.3, 0.4) is 0 Å². The van der Waals surface area contributed by atoms with E-state index in [1.165, 1.54) is 0 Å². The molecule has 1 unspecified atom stereocenters. The fraction of sp³-hybridized carbons (Fsp3) is 1.00. The average molecular weight is 174 g/mol. The van der Waals surface area contributed by atoms with E-state index in [4.69, 9.17) is 9.47 Å². The molecule has 3 atom stereocenters. The van der Waals surface area contributed by atoms with E-state index in [0.717, 1.165) is 6.42 Å². The van der Waals surface area contributed by atoms with Gasteiger partial charge >= 0.3 is 0 Å². The van der Waals surface area contributed by atoms with Crippen LogP contribution in [0, 0.1) is 0 Å². The molecule has 1 saturated heterocycles. The van der Waals surface area contributed by atoms with Gasteiger partial charge in [0.25, 0.3) is 0 Å². The molecule has 3 nitrogen and oxygen atoms in total. The van der Waals surface area contributed by atoms with Gasteiger partial charge in [-0.3, -0.25) is 0 Å². The topological polar surface area (TPSA) is 38.7 Å². The Hall–Kier alpha value is -0.120. The Morgan fingerprint density at radius 2 is 2.08 bits per heavy atom. The van der Waals surface area contributed by atoms with E-state index in [1.54, 1.807) is 14.0 Å². The van der Waals surface area contributed by atoms with Gasteiger partial charge in [0.05, 0.1) is 11.7 Å². The fourth-order valence-electron chi connectivity index (χ4n) is 2.05. The number of rotatable bonds is 1. The predicted molar refractivity (Wildman–Crippen MR) is 45.8 cm³/mol. The van der Waals surface area contributed by atoms with Crippen molar-refractivity contribution in [3.05, 3.63) is 0 Å². The first-order valence-corrected chi connectivity index (χ1v) is 4.32. The zero-order chi connectivity index (χ0) is 9.41. The Kier molecular flexibility index (Phi) is 2.47. The summed E-state index contributed by atoms with van der Waals surface area (Å²) in [7, 11) is 1.67. The third-order valence-corrected chi connectivity index (χ3v) is 2.37. The molecule has 1 aliphatic heterocycles. The molecule has 0 aromatic carbocycles. The SMILES string of the molecule is CO[C@@]1(C)C[C@H](C)OC(C)(O)C1. The molecule has 1 fully saturated rings. The normalized spacial score (nSPS) is 49.2. The highest BCUT2D eigenvalue weighted by Crippen LogP contribution is 2.35. The minimum absolute atomic E-state index is 0.0544. The predicted octanol–water partition coefficient (Wildman–Crippen LogP) is 1.30. The Bertz CT molecular complexity index is 167.